The fraction of sp³-hybridized carbons (Fsp3) is 0.192. The molecule has 3 rings (SSSR count). The molecule has 0 saturated carbocycles. The lowest BCUT2D eigenvalue weighted by Crippen LogP contribution is -2.21. The maximum Gasteiger partial charge on any atom is 0.306 e. The van der Waals surface area contributed by atoms with Gasteiger partial charge in [-0.2, -0.15) is 0 Å². The maximum atomic E-state index is 12.1. The molecule has 3 aromatic rings. The average Bonchev–Trinajstić information content (AvgIpc) is 2.82. The maximum absolute atomic E-state index is 12.1. The zero-order valence-electron chi connectivity index (χ0n) is 18.7. The van der Waals surface area contributed by atoms with E-state index in [1.165, 1.54) is 0 Å². The highest BCUT2D eigenvalue weighted by molar-refractivity contribution is 6.30. The van der Waals surface area contributed by atoms with Crippen molar-refractivity contribution in [3.63, 3.8) is 0 Å². The molecule has 0 aromatic heterocycles. The van der Waals surface area contributed by atoms with Crippen LogP contribution in [0.15, 0.2) is 72.8 Å². The van der Waals surface area contributed by atoms with Crippen LogP contribution >= 0.6 is 11.6 Å². The molecule has 2 N–H and O–H groups in total. The zero-order valence-corrected chi connectivity index (χ0v) is 19.4. The SMILES string of the molecule is Cc1ccc(Oc2ccc(NC(=O)CCCC(=O)OCC(=O)Nc3ccc(Cl)cc3)cc2)cc1. The summed E-state index contributed by atoms with van der Waals surface area (Å²) in [5.41, 5.74) is 2.33. The zero-order chi connectivity index (χ0) is 24.3. The molecular formula is C26H25ClN2O5. The quantitative estimate of drug-likeness (QED) is 0.361. The highest BCUT2D eigenvalue weighted by Gasteiger charge is 2.10. The Hall–Kier alpha value is -3.84. The number of nitrogens with one attached hydrogen (secondary N) is 2. The third-order valence-corrected chi connectivity index (χ3v) is 4.92. The predicted molar refractivity (Wildman–Crippen MR) is 131 cm³/mol. The molecule has 0 atom stereocenters. The van der Waals surface area contributed by atoms with Crippen LogP contribution in [0.4, 0.5) is 11.4 Å². The van der Waals surface area contributed by atoms with Gasteiger partial charge in [-0.15, -0.1) is 0 Å². The van der Waals surface area contributed by atoms with Crippen LogP contribution in [0.1, 0.15) is 24.8 Å². The summed E-state index contributed by atoms with van der Waals surface area (Å²) in [6.45, 7) is 1.61. The van der Waals surface area contributed by atoms with E-state index < -0.39 is 18.5 Å². The van der Waals surface area contributed by atoms with E-state index in [0.717, 1.165) is 11.3 Å². The molecule has 0 aliphatic rings. The van der Waals surface area contributed by atoms with Crippen molar-refractivity contribution >= 4 is 40.8 Å². The molecule has 3 aromatic carbocycles. The predicted octanol–water partition coefficient (Wildman–Crippen LogP) is 5.73. The van der Waals surface area contributed by atoms with Crippen LogP contribution in [0.3, 0.4) is 0 Å². The second-order valence-corrected chi connectivity index (χ2v) is 7.99. The van der Waals surface area contributed by atoms with E-state index in [0.29, 0.717) is 28.6 Å². The van der Waals surface area contributed by atoms with Crippen LogP contribution in [-0.4, -0.2) is 24.4 Å². The summed E-state index contributed by atoms with van der Waals surface area (Å²) >= 11 is 5.79. The van der Waals surface area contributed by atoms with Gasteiger partial charge in [0, 0.05) is 29.2 Å². The highest BCUT2D eigenvalue weighted by Crippen LogP contribution is 2.23. The van der Waals surface area contributed by atoms with E-state index in [9.17, 15) is 14.4 Å². The Morgan fingerprint density at radius 3 is 1.88 bits per heavy atom. The number of aryl methyl sites for hydroxylation is 1. The Kier molecular flexibility index (Phi) is 9.05. The number of anilines is 2. The molecule has 0 fully saturated rings. The van der Waals surface area contributed by atoms with Crippen molar-refractivity contribution in [1.29, 1.82) is 0 Å². The largest absolute Gasteiger partial charge is 0.457 e. The second-order valence-electron chi connectivity index (χ2n) is 7.56. The van der Waals surface area contributed by atoms with Gasteiger partial charge in [0.05, 0.1) is 0 Å². The summed E-state index contributed by atoms with van der Waals surface area (Å²) in [5.74, 6) is 0.168. The normalized spacial score (nSPS) is 10.3. The number of rotatable bonds is 10. The number of carbonyl (C=O) groups excluding carboxylic acids is 3. The van der Waals surface area contributed by atoms with Crippen molar-refractivity contribution in [2.45, 2.75) is 26.2 Å². The van der Waals surface area contributed by atoms with Crippen LogP contribution in [0.25, 0.3) is 0 Å². The standard InChI is InChI=1S/C26H25ClN2O5/c1-18-5-13-22(14-6-18)34-23-15-11-21(12-16-23)28-24(30)3-2-4-26(32)33-17-25(31)29-20-9-7-19(27)8-10-20/h5-16H,2-4,17H2,1H3,(H,28,30)(H,29,31). The summed E-state index contributed by atoms with van der Waals surface area (Å²) < 4.78 is 10.7. The summed E-state index contributed by atoms with van der Waals surface area (Å²) in [6, 6.07) is 21.3. The van der Waals surface area contributed by atoms with Gasteiger partial charge in [-0.25, -0.2) is 0 Å². The highest BCUT2D eigenvalue weighted by atomic mass is 35.5. The van der Waals surface area contributed by atoms with E-state index in [1.807, 2.05) is 31.2 Å². The number of amides is 2. The van der Waals surface area contributed by atoms with E-state index in [-0.39, 0.29) is 18.7 Å². The van der Waals surface area contributed by atoms with Crippen molar-refractivity contribution in [2.24, 2.45) is 0 Å². The number of benzene rings is 3. The molecule has 7 nitrogen and oxygen atoms in total. The average molecular weight is 481 g/mol. The Labute approximate surface area is 203 Å². The molecule has 0 heterocycles. The summed E-state index contributed by atoms with van der Waals surface area (Å²) in [4.78, 5) is 35.8. The number of halogens is 1. The van der Waals surface area contributed by atoms with Gasteiger partial charge >= 0.3 is 5.97 Å². The molecule has 0 saturated heterocycles. The lowest BCUT2D eigenvalue weighted by molar-refractivity contribution is -0.147. The molecule has 0 radical (unpaired) electrons. The van der Waals surface area contributed by atoms with Crippen molar-refractivity contribution in [1.82, 2.24) is 0 Å². The minimum Gasteiger partial charge on any atom is -0.457 e. The first-order valence-corrected chi connectivity index (χ1v) is 11.1. The fourth-order valence-electron chi connectivity index (χ4n) is 2.91. The van der Waals surface area contributed by atoms with E-state index in [2.05, 4.69) is 10.6 Å². The monoisotopic (exact) mass is 480 g/mol. The van der Waals surface area contributed by atoms with E-state index >= 15 is 0 Å². The third kappa shape index (κ3) is 8.60. The molecule has 8 heteroatoms. The molecule has 0 bridgehead atoms. The molecule has 0 aliphatic heterocycles. The Bertz CT molecular complexity index is 1110. The second kappa shape index (κ2) is 12.4. The van der Waals surface area contributed by atoms with Gasteiger partial charge in [-0.3, -0.25) is 14.4 Å². The number of carbonyl (C=O) groups is 3. The van der Waals surface area contributed by atoms with Crippen LogP contribution in [-0.2, 0) is 19.1 Å². The number of hydrogen-bond donors (Lipinski definition) is 2. The Balaban J connectivity index is 1.32. The van der Waals surface area contributed by atoms with Gasteiger partial charge in [-0.1, -0.05) is 29.3 Å². The molecular weight excluding hydrogens is 456 g/mol. The summed E-state index contributed by atoms with van der Waals surface area (Å²) in [5, 5.41) is 5.93. The van der Waals surface area contributed by atoms with Crippen LogP contribution < -0.4 is 15.4 Å². The van der Waals surface area contributed by atoms with Gasteiger partial charge in [0.25, 0.3) is 5.91 Å². The molecule has 176 valence electrons. The minimum atomic E-state index is -0.545. The minimum absolute atomic E-state index is 0.0327. The van der Waals surface area contributed by atoms with Crippen molar-refractivity contribution in [3.8, 4) is 11.5 Å². The first kappa shape index (κ1) is 24.8. The fourth-order valence-corrected chi connectivity index (χ4v) is 3.04. The van der Waals surface area contributed by atoms with Crippen LogP contribution in [0.5, 0.6) is 11.5 Å². The smallest absolute Gasteiger partial charge is 0.306 e. The summed E-state index contributed by atoms with van der Waals surface area (Å²) in [7, 11) is 0. The molecule has 0 spiro atoms. The first-order chi connectivity index (χ1) is 16.4. The molecule has 0 unspecified atom stereocenters. The molecule has 0 aliphatic carbocycles. The first-order valence-electron chi connectivity index (χ1n) is 10.7. The van der Waals surface area contributed by atoms with Crippen molar-refractivity contribution < 1.29 is 23.9 Å². The van der Waals surface area contributed by atoms with E-state index in [1.54, 1.807) is 48.5 Å². The summed E-state index contributed by atoms with van der Waals surface area (Å²) in [6.07, 6.45) is 0.483. The van der Waals surface area contributed by atoms with Crippen LogP contribution in [0.2, 0.25) is 5.02 Å². The number of esters is 1. The Morgan fingerprint density at radius 1 is 0.735 bits per heavy atom. The van der Waals surface area contributed by atoms with Gasteiger partial charge in [0.2, 0.25) is 5.91 Å². The Morgan fingerprint density at radius 2 is 1.26 bits per heavy atom. The van der Waals surface area contributed by atoms with Crippen molar-refractivity contribution in [3.05, 3.63) is 83.4 Å². The van der Waals surface area contributed by atoms with E-state index in [4.69, 9.17) is 21.1 Å². The molecule has 2 amide bonds. The topological polar surface area (TPSA) is 93.7 Å². The molecule has 34 heavy (non-hydrogen) atoms. The van der Waals surface area contributed by atoms with Gasteiger partial charge < -0.3 is 20.1 Å². The lowest BCUT2D eigenvalue weighted by Gasteiger charge is -2.09. The van der Waals surface area contributed by atoms with Gasteiger partial charge in [-0.05, 0) is 74.0 Å². The van der Waals surface area contributed by atoms with Gasteiger partial charge in [0.15, 0.2) is 6.61 Å². The third-order valence-electron chi connectivity index (χ3n) is 4.67. The van der Waals surface area contributed by atoms with Crippen LogP contribution in [0, 0.1) is 6.92 Å². The van der Waals surface area contributed by atoms with Crippen molar-refractivity contribution in [2.75, 3.05) is 17.2 Å². The number of hydrogen-bond acceptors (Lipinski definition) is 5. The lowest BCUT2D eigenvalue weighted by atomic mass is 10.2. The van der Waals surface area contributed by atoms with Gasteiger partial charge in [0.1, 0.15) is 11.5 Å². The number of ether oxygens (including phenoxy) is 2.